The third-order valence-corrected chi connectivity index (χ3v) is 9.63. The normalized spacial score (nSPS) is 31.8. The Bertz CT molecular complexity index is 949. The molecule has 0 aliphatic carbocycles. The highest BCUT2D eigenvalue weighted by molar-refractivity contribution is 8.02. The number of carbonyl (C=O) groups excluding carboxylic acids is 3. The molecule has 3 fully saturated rings. The predicted molar refractivity (Wildman–Crippen MR) is 134 cm³/mol. The minimum atomic E-state index is -0.708. The summed E-state index contributed by atoms with van der Waals surface area (Å²) in [6, 6.07) is 8.10. The van der Waals surface area contributed by atoms with Gasteiger partial charge in [0.15, 0.2) is 0 Å². The molecule has 1 spiro atoms. The molecule has 1 aromatic carbocycles. The van der Waals surface area contributed by atoms with Gasteiger partial charge in [-0.1, -0.05) is 38.5 Å². The number of nitrogens with one attached hydrogen (secondary N) is 2. The Labute approximate surface area is 206 Å². The van der Waals surface area contributed by atoms with Crippen molar-refractivity contribution in [3.05, 3.63) is 30.3 Å². The number of likely N-dealkylation sites (tertiary alicyclic amines) is 1. The number of thioether (sulfide) groups is 1. The van der Waals surface area contributed by atoms with Crippen molar-refractivity contribution in [1.82, 2.24) is 10.2 Å². The highest BCUT2D eigenvalue weighted by Crippen LogP contribution is 2.66. The molecule has 7 nitrogen and oxygen atoms in total. The van der Waals surface area contributed by atoms with Crippen LogP contribution in [0.1, 0.15) is 53.9 Å². The van der Waals surface area contributed by atoms with Gasteiger partial charge in [0.05, 0.1) is 29.2 Å². The maximum Gasteiger partial charge on any atom is 0.244 e. The van der Waals surface area contributed by atoms with Gasteiger partial charge in [-0.2, -0.15) is 0 Å². The van der Waals surface area contributed by atoms with Crippen molar-refractivity contribution in [2.75, 3.05) is 11.9 Å². The van der Waals surface area contributed by atoms with Gasteiger partial charge in [-0.05, 0) is 51.7 Å². The Morgan fingerprint density at radius 1 is 1.24 bits per heavy atom. The summed E-state index contributed by atoms with van der Waals surface area (Å²) >= 11 is 1.65. The fourth-order valence-electron chi connectivity index (χ4n) is 6.05. The first-order valence-corrected chi connectivity index (χ1v) is 13.2. The van der Waals surface area contributed by atoms with E-state index in [0.717, 1.165) is 12.8 Å². The lowest BCUT2D eigenvalue weighted by molar-refractivity contribution is -0.143. The molecule has 4 rings (SSSR count). The summed E-state index contributed by atoms with van der Waals surface area (Å²) in [5, 5.41) is 16.4. The van der Waals surface area contributed by atoms with Crippen LogP contribution in [0.5, 0.6) is 0 Å². The van der Waals surface area contributed by atoms with Crippen molar-refractivity contribution in [1.29, 1.82) is 0 Å². The number of para-hydroxylation sites is 1. The van der Waals surface area contributed by atoms with Crippen molar-refractivity contribution < 1.29 is 19.5 Å². The molecule has 0 radical (unpaired) electrons. The van der Waals surface area contributed by atoms with Gasteiger partial charge in [0, 0.05) is 16.5 Å². The first kappa shape index (κ1) is 25.0. The topological polar surface area (TPSA) is 98.7 Å². The number of fused-ring (bicyclic) bond motifs is 1. The van der Waals surface area contributed by atoms with Crippen LogP contribution in [0.2, 0.25) is 0 Å². The van der Waals surface area contributed by atoms with Crippen molar-refractivity contribution in [2.45, 2.75) is 81.5 Å². The number of aliphatic hydroxyl groups excluding tert-OH is 1. The molecule has 3 amide bonds. The lowest BCUT2D eigenvalue weighted by atomic mass is 9.70. The van der Waals surface area contributed by atoms with Crippen molar-refractivity contribution in [3.8, 4) is 0 Å². The molecule has 0 saturated carbocycles. The number of carbonyl (C=O) groups is 3. The van der Waals surface area contributed by atoms with Gasteiger partial charge in [0.2, 0.25) is 17.7 Å². The Kier molecular flexibility index (Phi) is 6.77. The molecule has 34 heavy (non-hydrogen) atoms. The average molecular weight is 488 g/mol. The summed E-state index contributed by atoms with van der Waals surface area (Å²) in [5.41, 5.74) is 0.239. The first-order chi connectivity index (χ1) is 16.0. The number of nitrogens with zero attached hydrogens (tertiary/aromatic N) is 1. The Morgan fingerprint density at radius 3 is 2.50 bits per heavy atom. The molecule has 186 valence electrons. The third kappa shape index (κ3) is 4.13. The highest BCUT2D eigenvalue weighted by Gasteiger charge is 2.74. The molecule has 2 bridgehead atoms. The molecular weight excluding hydrogens is 450 g/mol. The molecule has 8 heteroatoms. The second-order valence-corrected chi connectivity index (χ2v) is 12.6. The Morgan fingerprint density at radius 2 is 1.91 bits per heavy atom. The van der Waals surface area contributed by atoms with Gasteiger partial charge in [-0.25, -0.2) is 0 Å². The van der Waals surface area contributed by atoms with Gasteiger partial charge in [0.25, 0.3) is 0 Å². The van der Waals surface area contributed by atoms with Crippen molar-refractivity contribution in [2.24, 2.45) is 17.8 Å². The van der Waals surface area contributed by atoms with Crippen LogP contribution in [0.4, 0.5) is 5.69 Å². The molecule has 0 aromatic heterocycles. The van der Waals surface area contributed by atoms with E-state index in [9.17, 15) is 19.5 Å². The fraction of sp³-hybridized carbons (Fsp3) is 0.654. The second kappa shape index (κ2) is 9.19. The lowest BCUT2D eigenvalue weighted by Gasteiger charge is -2.40. The molecule has 3 saturated heterocycles. The molecule has 3 aliphatic rings. The number of benzene rings is 1. The van der Waals surface area contributed by atoms with E-state index in [0.29, 0.717) is 12.1 Å². The fourth-order valence-corrected chi connectivity index (χ4v) is 8.25. The molecule has 3 heterocycles. The number of hydrogen-bond donors (Lipinski definition) is 3. The van der Waals surface area contributed by atoms with E-state index >= 15 is 0 Å². The van der Waals surface area contributed by atoms with E-state index in [4.69, 9.17) is 0 Å². The maximum absolute atomic E-state index is 14.1. The minimum Gasteiger partial charge on any atom is -0.394 e. The van der Waals surface area contributed by atoms with Crippen LogP contribution in [0.25, 0.3) is 0 Å². The van der Waals surface area contributed by atoms with E-state index < -0.39 is 34.2 Å². The molecule has 1 aromatic rings. The van der Waals surface area contributed by atoms with Crippen molar-refractivity contribution in [3.63, 3.8) is 0 Å². The van der Waals surface area contributed by atoms with Gasteiger partial charge in [0.1, 0.15) is 6.04 Å². The van der Waals surface area contributed by atoms with Crippen LogP contribution in [0, 0.1) is 17.8 Å². The van der Waals surface area contributed by atoms with Crippen LogP contribution in [-0.4, -0.2) is 62.0 Å². The van der Waals surface area contributed by atoms with E-state index in [1.807, 2.05) is 65.0 Å². The zero-order chi connectivity index (χ0) is 24.8. The lowest BCUT2D eigenvalue weighted by Crippen LogP contribution is -2.60. The number of aliphatic hydroxyl groups is 1. The monoisotopic (exact) mass is 487 g/mol. The van der Waals surface area contributed by atoms with Gasteiger partial charge >= 0.3 is 0 Å². The molecule has 3 aliphatic heterocycles. The quantitative estimate of drug-likeness (QED) is 0.549. The summed E-state index contributed by atoms with van der Waals surface area (Å²) in [6.07, 6.45) is 2.28. The van der Waals surface area contributed by atoms with Crippen LogP contribution in [-0.2, 0) is 14.4 Å². The molecular formula is C26H37N3O4S. The van der Waals surface area contributed by atoms with E-state index in [1.54, 1.807) is 16.7 Å². The predicted octanol–water partition coefficient (Wildman–Crippen LogP) is 3.04. The zero-order valence-electron chi connectivity index (χ0n) is 20.7. The summed E-state index contributed by atoms with van der Waals surface area (Å²) in [4.78, 5) is 43.0. The summed E-state index contributed by atoms with van der Waals surface area (Å²) < 4.78 is -0.656. The minimum absolute atomic E-state index is 0.000856. The first-order valence-electron chi connectivity index (χ1n) is 12.3. The molecule has 2 unspecified atom stereocenters. The summed E-state index contributed by atoms with van der Waals surface area (Å²) in [6.45, 7) is 9.59. The Hall–Kier alpha value is -2.06. The van der Waals surface area contributed by atoms with E-state index in [1.165, 1.54) is 0 Å². The Balaban J connectivity index is 1.73. The van der Waals surface area contributed by atoms with E-state index in [2.05, 4.69) is 10.6 Å². The maximum atomic E-state index is 14.1. The standard InChI is InChI=1S/C26H37N3O4S/c1-6-15(2)17(14-30)29-21(23(32)28-25(3,4)5)26-13-12-18(34-26)19(20(26)24(29)33)22(31)27-16-10-8-7-9-11-16/h7-11,15,17-21,30H,6,12-14H2,1-5H3,(H,27,31)(H,28,32)/t15-,17-,18-,19+,20-,21?,26?/m0/s1. The van der Waals surface area contributed by atoms with Crippen molar-refractivity contribution >= 4 is 35.2 Å². The van der Waals surface area contributed by atoms with Crippen LogP contribution >= 0.6 is 11.8 Å². The summed E-state index contributed by atoms with van der Waals surface area (Å²) in [7, 11) is 0. The van der Waals surface area contributed by atoms with Gasteiger partial charge in [-0.3, -0.25) is 14.4 Å². The number of hydrogen-bond acceptors (Lipinski definition) is 5. The number of amides is 3. The highest BCUT2D eigenvalue weighted by atomic mass is 32.2. The molecule has 7 atom stereocenters. The zero-order valence-corrected chi connectivity index (χ0v) is 21.5. The second-order valence-electron chi connectivity index (χ2n) is 11.0. The third-order valence-electron chi connectivity index (χ3n) is 7.67. The SMILES string of the molecule is CC[C@H](C)[C@H](CO)N1C(=O)[C@@H]2[C@H](C(=O)Nc3ccccc3)[C@@H]3CCC2(S3)C1C(=O)NC(C)(C)C. The molecule has 3 N–H and O–H groups in total. The largest absolute Gasteiger partial charge is 0.394 e. The van der Waals surface area contributed by atoms with Crippen LogP contribution < -0.4 is 10.6 Å². The number of rotatable bonds is 7. The van der Waals surface area contributed by atoms with Crippen LogP contribution in [0.15, 0.2) is 30.3 Å². The van der Waals surface area contributed by atoms with Gasteiger partial charge in [-0.15, -0.1) is 11.8 Å². The van der Waals surface area contributed by atoms with Gasteiger partial charge < -0.3 is 20.6 Å². The average Bonchev–Trinajstić information content (AvgIpc) is 3.41. The smallest absolute Gasteiger partial charge is 0.244 e. The summed E-state index contributed by atoms with van der Waals surface area (Å²) in [5.74, 6) is -1.58. The number of anilines is 1. The van der Waals surface area contributed by atoms with Crippen LogP contribution in [0.3, 0.4) is 0 Å². The van der Waals surface area contributed by atoms with E-state index in [-0.39, 0.29) is 35.5 Å².